The molecule has 0 saturated carbocycles. The van der Waals surface area contributed by atoms with Crippen LogP contribution in [0.5, 0.6) is 0 Å². The molecule has 74 valence electrons. The van der Waals surface area contributed by atoms with Gasteiger partial charge in [0.1, 0.15) is 6.26 Å². The van der Waals surface area contributed by atoms with Crippen molar-refractivity contribution >= 4 is 5.97 Å². The molecule has 0 aromatic carbocycles. The van der Waals surface area contributed by atoms with E-state index in [4.69, 9.17) is 18.9 Å². The number of allylic oxidation sites excluding steroid dienone is 1. The van der Waals surface area contributed by atoms with Crippen molar-refractivity contribution in [1.29, 1.82) is 0 Å². The molecule has 0 amide bonds. The molecule has 0 bridgehead atoms. The van der Waals surface area contributed by atoms with Crippen molar-refractivity contribution in [1.82, 2.24) is 0 Å². The van der Waals surface area contributed by atoms with Crippen LogP contribution in [-0.2, 0) is 23.7 Å². The summed E-state index contributed by atoms with van der Waals surface area (Å²) in [6.07, 6.45) is 4.32. The smallest absolute Gasteiger partial charge is 0.308 e. The predicted molar refractivity (Wildman–Crippen MR) is 44.1 cm³/mol. The van der Waals surface area contributed by atoms with Gasteiger partial charge in [0.25, 0.3) is 0 Å². The molecule has 0 fully saturated rings. The van der Waals surface area contributed by atoms with E-state index >= 15 is 0 Å². The molecule has 5 nitrogen and oxygen atoms in total. The number of esters is 1. The topological polar surface area (TPSA) is 54.0 Å². The highest BCUT2D eigenvalue weighted by Crippen LogP contribution is 2.27. The summed E-state index contributed by atoms with van der Waals surface area (Å²) in [5, 5.41) is 0. The minimum atomic E-state index is -0.409. The Labute approximate surface area is 80.2 Å². The molecule has 5 heteroatoms. The summed E-state index contributed by atoms with van der Waals surface area (Å²) in [5.41, 5.74) is 0. The number of rotatable bonds is 1. The number of hydrogen-bond acceptors (Lipinski definition) is 5. The molecule has 0 spiro atoms. The van der Waals surface area contributed by atoms with E-state index in [1.165, 1.54) is 25.5 Å². The van der Waals surface area contributed by atoms with Gasteiger partial charge in [-0.05, 0) is 0 Å². The van der Waals surface area contributed by atoms with Crippen LogP contribution in [-0.4, -0.2) is 12.8 Å². The first-order valence-corrected chi connectivity index (χ1v) is 3.98. The second kappa shape index (κ2) is 3.45. The molecule has 2 rings (SSSR count). The zero-order valence-corrected chi connectivity index (χ0v) is 7.48. The third-order valence-corrected chi connectivity index (χ3v) is 1.58. The van der Waals surface area contributed by atoms with Gasteiger partial charge in [-0.3, -0.25) is 4.79 Å². The molecule has 0 radical (unpaired) electrons. The SMILES string of the molecule is CC(=O)OC1=C2OCOC=C2OC=C1. The number of fused-ring (bicyclic) bond motifs is 1. The van der Waals surface area contributed by atoms with Gasteiger partial charge in [-0.25, -0.2) is 0 Å². The van der Waals surface area contributed by atoms with E-state index in [2.05, 4.69) is 0 Å². The molecule has 2 aliphatic heterocycles. The number of ether oxygens (including phenoxy) is 4. The maximum atomic E-state index is 10.7. The first kappa shape index (κ1) is 8.68. The molecule has 2 aliphatic rings. The van der Waals surface area contributed by atoms with E-state index in [0.29, 0.717) is 17.3 Å². The number of carbonyl (C=O) groups is 1. The molecule has 2 heterocycles. The molecule has 0 unspecified atom stereocenters. The van der Waals surface area contributed by atoms with E-state index < -0.39 is 5.97 Å². The van der Waals surface area contributed by atoms with E-state index in [1.807, 2.05) is 0 Å². The fraction of sp³-hybridized carbons (Fsp3) is 0.222. The third-order valence-electron chi connectivity index (χ3n) is 1.58. The Bertz CT molecular complexity index is 350. The van der Waals surface area contributed by atoms with Gasteiger partial charge < -0.3 is 18.9 Å². The Morgan fingerprint density at radius 1 is 1.57 bits per heavy atom. The van der Waals surface area contributed by atoms with Crippen LogP contribution >= 0.6 is 0 Å². The average Bonchev–Trinajstić information content (AvgIpc) is 2.18. The predicted octanol–water partition coefficient (Wildman–Crippen LogP) is 1.15. The van der Waals surface area contributed by atoms with Crippen LogP contribution in [0.2, 0.25) is 0 Å². The van der Waals surface area contributed by atoms with Crippen LogP contribution in [0.25, 0.3) is 0 Å². The first-order chi connectivity index (χ1) is 6.77. The number of carbonyl (C=O) groups excluding carboxylic acids is 1. The normalized spacial score (nSPS) is 18.5. The largest absolute Gasteiger partial charge is 0.461 e. The van der Waals surface area contributed by atoms with Gasteiger partial charge >= 0.3 is 5.97 Å². The van der Waals surface area contributed by atoms with Crippen LogP contribution in [0.4, 0.5) is 0 Å². The highest BCUT2D eigenvalue weighted by molar-refractivity contribution is 5.68. The maximum absolute atomic E-state index is 10.7. The van der Waals surface area contributed by atoms with Crippen LogP contribution in [0.1, 0.15) is 6.92 Å². The summed E-state index contributed by atoms with van der Waals surface area (Å²) in [6.45, 7) is 1.40. The summed E-state index contributed by atoms with van der Waals surface area (Å²) in [5.74, 6) is 0.704. The Kier molecular flexibility index (Phi) is 2.14. The van der Waals surface area contributed by atoms with Crippen molar-refractivity contribution in [3.05, 3.63) is 35.9 Å². The van der Waals surface area contributed by atoms with Crippen molar-refractivity contribution < 1.29 is 23.7 Å². The zero-order chi connectivity index (χ0) is 9.97. The third kappa shape index (κ3) is 1.56. The molecule has 0 saturated heterocycles. The summed E-state index contributed by atoms with van der Waals surface area (Å²) >= 11 is 0. The fourth-order valence-electron chi connectivity index (χ4n) is 1.08. The van der Waals surface area contributed by atoms with Crippen molar-refractivity contribution in [2.45, 2.75) is 6.92 Å². The lowest BCUT2D eigenvalue weighted by molar-refractivity contribution is -0.137. The van der Waals surface area contributed by atoms with E-state index in [1.54, 1.807) is 0 Å². The van der Waals surface area contributed by atoms with E-state index in [0.717, 1.165) is 0 Å². The van der Waals surface area contributed by atoms with Crippen LogP contribution < -0.4 is 0 Å². The van der Waals surface area contributed by atoms with Crippen LogP contribution in [0.15, 0.2) is 35.9 Å². The second-order valence-electron chi connectivity index (χ2n) is 2.62. The standard InChI is InChI=1S/C9H8O5/c1-6(10)14-7-2-3-12-8-4-11-5-13-9(7)8/h2-4H,5H2,1H3. The van der Waals surface area contributed by atoms with Crippen molar-refractivity contribution in [3.63, 3.8) is 0 Å². The molecule has 0 aromatic heterocycles. The van der Waals surface area contributed by atoms with Crippen molar-refractivity contribution in [3.8, 4) is 0 Å². The average molecular weight is 196 g/mol. The lowest BCUT2D eigenvalue weighted by Crippen LogP contribution is -2.14. The molecule has 0 aromatic rings. The fourth-order valence-corrected chi connectivity index (χ4v) is 1.08. The highest BCUT2D eigenvalue weighted by atomic mass is 16.7. The monoisotopic (exact) mass is 196 g/mol. The summed E-state index contributed by atoms with van der Waals surface area (Å²) in [6, 6.07) is 0. The lowest BCUT2D eigenvalue weighted by atomic mass is 10.3. The lowest BCUT2D eigenvalue weighted by Gasteiger charge is -2.21. The van der Waals surface area contributed by atoms with Gasteiger partial charge in [0.15, 0.2) is 5.76 Å². The highest BCUT2D eigenvalue weighted by Gasteiger charge is 2.23. The molecular formula is C9H8O5. The van der Waals surface area contributed by atoms with Gasteiger partial charge in [-0.2, -0.15) is 0 Å². The summed E-state index contributed by atoms with van der Waals surface area (Å²) < 4.78 is 20.0. The van der Waals surface area contributed by atoms with Crippen LogP contribution in [0.3, 0.4) is 0 Å². The van der Waals surface area contributed by atoms with Gasteiger partial charge in [0, 0.05) is 13.0 Å². The molecule has 0 atom stereocenters. The quantitative estimate of drug-likeness (QED) is 0.589. The van der Waals surface area contributed by atoms with E-state index in [-0.39, 0.29) is 6.79 Å². The zero-order valence-electron chi connectivity index (χ0n) is 7.48. The van der Waals surface area contributed by atoms with Gasteiger partial charge in [-0.1, -0.05) is 0 Å². The van der Waals surface area contributed by atoms with Gasteiger partial charge in [0.05, 0.1) is 6.26 Å². The first-order valence-electron chi connectivity index (χ1n) is 3.98. The van der Waals surface area contributed by atoms with Crippen molar-refractivity contribution in [2.24, 2.45) is 0 Å². The molecular weight excluding hydrogens is 188 g/mol. The minimum Gasteiger partial charge on any atom is -0.461 e. The second-order valence-corrected chi connectivity index (χ2v) is 2.62. The summed E-state index contributed by atoms with van der Waals surface area (Å²) in [4.78, 5) is 10.7. The molecule has 0 N–H and O–H groups in total. The van der Waals surface area contributed by atoms with E-state index in [9.17, 15) is 4.79 Å². The Hall–Kier alpha value is -1.91. The molecule has 0 aliphatic carbocycles. The van der Waals surface area contributed by atoms with Gasteiger partial charge in [0.2, 0.25) is 18.3 Å². The Morgan fingerprint density at radius 3 is 3.21 bits per heavy atom. The Morgan fingerprint density at radius 2 is 2.43 bits per heavy atom. The maximum Gasteiger partial charge on any atom is 0.308 e. The Balaban J connectivity index is 2.31. The van der Waals surface area contributed by atoms with Gasteiger partial charge in [-0.15, -0.1) is 0 Å². The minimum absolute atomic E-state index is 0.0841. The van der Waals surface area contributed by atoms with Crippen molar-refractivity contribution in [2.75, 3.05) is 6.79 Å². The number of hydrogen-bond donors (Lipinski definition) is 0. The summed E-state index contributed by atoms with van der Waals surface area (Å²) in [7, 11) is 0. The van der Waals surface area contributed by atoms with Crippen LogP contribution in [0, 0.1) is 0 Å². The molecule has 14 heavy (non-hydrogen) atoms.